The predicted octanol–water partition coefficient (Wildman–Crippen LogP) is 6.35. The van der Waals surface area contributed by atoms with Crippen LogP contribution in [0.4, 0.5) is 5.69 Å². The number of carbonyl (C=O) groups is 2. The van der Waals surface area contributed by atoms with Crippen LogP contribution in [0.1, 0.15) is 89.8 Å². The maximum Gasteiger partial charge on any atom is 0.307 e. The van der Waals surface area contributed by atoms with E-state index < -0.39 is 15.8 Å². The van der Waals surface area contributed by atoms with Gasteiger partial charge >= 0.3 is 5.97 Å². The minimum atomic E-state index is -3.45. The third-order valence-corrected chi connectivity index (χ3v) is 8.49. The van der Waals surface area contributed by atoms with Crippen LogP contribution >= 0.6 is 0 Å². The number of aliphatic carboxylic acids is 1. The Morgan fingerprint density at radius 3 is 2.32 bits per heavy atom. The molecule has 0 aliphatic carbocycles. The fourth-order valence-corrected chi connectivity index (χ4v) is 6.27. The van der Waals surface area contributed by atoms with Crippen molar-refractivity contribution in [3.8, 4) is 5.75 Å². The highest BCUT2D eigenvalue weighted by molar-refractivity contribution is 7.91. The smallest absolute Gasteiger partial charge is 0.307 e. The van der Waals surface area contributed by atoms with Crippen LogP contribution < -0.4 is 10.1 Å². The lowest BCUT2D eigenvalue weighted by atomic mass is 9.84. The minimum Gasteiger partial charge on any atom is -0.496 e. The van der Waals surface area contributed by atoms with Crippen LogP contribution in [0.2, 0.25) is 0 Å². The summed E-state index contributed by atoms with van der Waals surface area (Å²) in [5.41, 5.74) is 2.69. The van der Waals surface area contributed by atoms with Crippen LogP contribution in [0.5, 0.6) is 5.75 Å². The standard InChI is InChI=1S/C30H43NO6S/c1-8-9-10-22(24-13-12-23(18-27(24)37-7)38(35,36)19-20(2)3)17-28(32)31-26-15-21(16-29(33)34)11-14-25(26)30(4,5)6/h11-15,18,20,22H,8-10,16-17,19H2,1-7H3,(H,31,32)(H,33,34). The Balaban J connectivity index is 2.40. The minimum absolute atomic E-state index is 0.00124. The molecule has 0 saturated heterocycles. The molecule has 38 heavy (non-hydrogen) atoms. The van der Waals surface area contributed by atoms with Crippen molar-refractivity contribution in [1.82, 2.24) is 0 Å². The number of carboxylic acid groups (broad SMARTS) is 1. The van der Waals surface area contributed by atoms with Crippen LogP contribution in [0.25, 0.3) is 0 Å². The van der Waals surface area contributed by atoms with Crippen molar-refractivity contribution in [2.45, 2.75) is 89.9 Å². The van der Waals surface area contributed by atoms with E-state index in [1.165, 1.54) is 7.11 Å². The summed E-state index contributed by atoms with van der Waals surface area (Å²) in [5, 5.41) is 12.3. The zero-order chi connectivity index (χ0) is 28.7. The van der Waals surface area contributed by atoms with Gasteiger partial charge in [0.1, 0.15) is 5.75 Å². The molecule has 0 heterocycles. The molecule has 2 aromatic carbocycles. The molecule has 1 amide bonds. The lowest BCUT2D eigenvalue weighted by Crippen LogP contribution is -2.21. The van der Waals surface area contributed by atoms with Crippen LogP contribution in [0.15, 0.2) is 41.3 Å². The molecule has 0 aliphatic heterocycles. The summed E-state index contributed by atoms with van der Waals surface area (Å²) in [5.74, 6) is -0.791. The highest BCUT2D eigenvalue weighted by Gasteiger charge is 2.25. The number of carboxylic acids is 1. The zero-order valence-electron chi connectivity index (χ0n) is 23.8. The van der Waals surface area contributed by atoms with E-state index in [2.05, 4.69) is 12.2 Å². The number of methoxy groups -OCH3 is 1. The highest BCUT2D eigenvalue weighted by atomic mass is 32.2. The Labute approximate surface area is 227 Å². The molecule has 1 unspecified atom stereocenters. The molecule has 7 nitrogen and oxygen atoms in total. The summed E-state index contributed by atoms with van der Waals surface area (Å²) in [7, 11) is -1.94. The van der Waals surface area contributed by atoms with Crippen LogP contribution in [-0.4, -0.2) is 38.3 Å². The second-order valence-corrected chi connectivity index (χ2v) is 13.4. The Bertz CT molecular complexity index is 1230. The molecule has 8 heteroatoms. The maximum atomic E-state index is 13.4. The van der Waals surface area contributed by atoms with Crippen molar-refractivity contribution in [2.75, 3.05) is 18.2 Å². The molecule has 210 valence electrons. The molecule has 0 bridgehead atoms. The quantitative estimate of drug-likeness (QED) is 0.303. The molecule has 2 aromatic rings. The number of rotatable bonds is 13. The van der Waals surface area contributed by atoms with E-state index >= 15 is 0 Å². The van der Waals surface area contributed by atoms with Crippen molar-refractivity contribution in [2.24, 2.45) is 5.92 Å². The summed E-state index contributed by atoms with van der Waals surface area (Å²) in [4.78, 5) is 24.8. The SMILES string of the molecule is CCCCC(CC(=O)Nc1cc(CC(=O)O)ccc1C(C)(C)C)c1ccc(S(=O)(=O)CC(C)C)cc1OC. The Hall–Kier alpha value is -2.87. The van der Waals surface area contributed by atoms with Crippen molar-refractivity contribution in [1.29, 1.82) is 0 Å². The number of hydrogen-bond donors (Lipinski definition) is 2. The van der Waals surface area contributed by atoms with Gasteiger partial charge in [-0.1, -0.05) is 72.6 Å². The normalized spacial score (nSPS) is 12.8. The van der Waals surface area contributed by atoms with Gasteiger partial charge in [0, 0.05) is 12.1 Å². The first-order valence-electron chi connectivity index (χ1n) is 13.2. The molecule has 0 saturated carbocycles. The van der Waals surface area contributed by atoms with Gasteiger partial charge in [-0.2, -0.15) is 0 Å². The number of ether oxygens (including phenoxy) is 1. The number of nitrogens with one attached hydrogen (secondary N) is 1. The van der Waals surface area contributed by atoms with Gasteiger partial charge in [-0.25, -0.2) is 8.42 Å². The molecular formula is C30H43NO6S. The number of hydrogen-bond acceptors (Lipinski definition) is 5. The van der Waals surface area contributed by atoms with Crippen molar-refractivity contribution >= 4 is 27.4 Å². The first-order chi connectivity index (χ1) is 17.7. The fraction of sp³-hybridized carbons (Fsp3) is 0.533. The van der Waals surface area contributed by atoms with Gasteiger partial charge in [-0.15, -0.1) is 0 Å². The number of benzene rings is 2. The third kappa shape index (κ3) is 8.86. The van der Waals surface area contributed by atoms with E-state index in [-0.39, 0.29) is 46.6 Å². The number of anilines is 1. The fourth-order valence-electron chi connectivity index (χ4n) is 4.63. The number of unbranched alkanes of at least 4 members (excludes halogenated alkanes) is 1. The lowest BCUT2D eigenvalue weighted by Gasteiger charge is -2.25. The summed E-state index contributed by atoms with van der Waals surface area (Å²) < 4.78 is 31.2. The number of amides is 1. The molecule has 1 atom stereocenters. The van der Waals surface area contributed by atoms with E-state index in [0.29, 0.717) is 17.0 Å². The zero-order valence-corrected chi connectivity index (χ0v) is 24.6. The van der Waals surface area contributed by atoms with E-state index in [1.807, 2.05) is 40.7 Å². The Morgan fingerprint density at radius 1 is 1.08 bits per heavy atom. The van der Waals surface area contributed by atoms with Crippen LogP contribution in [0, 0.1) is 5.92 Å². The van der Waals surface area contributed by atoms with Gasteiger partial charge in [-0.3, -0.25) is 9.59 Å². The van der Waals surface area contributed by atoms with Gasteiger partial charge in [0.25, 0.3) is 0 Å². The van der Waals surface area contributed by atoms with Crippen LogP contribution in [0.3, 0.4) is 0 Å². The van der Waals surface area contributed by atoms with Gasteiger partial charge in [0.05, 0.1) is 24.2 Å². The second-order valence-electron chi connectivity index (χ2n) is 11.4. The van der Waals surface area contributed by atoms with Crippen LogP contribution in [-0.2, 0) is 31.3 Å². The van der Waals surface area contributed by atoms with Gasteiger partial charge < -0.3 is 15.2 Å². The molecule has 0 spiro atoms. The molecule has 0 aliphatic rings. The topological polar surface area (TPSA) is 110 Å². The van der Waals surface area contributed by atoms with Gasteiger partial charge in [-0.05, 0) is 58.6 Å². The lowest BCUT2D eigenvalue weighted by molar-refractivity contribution is -0.136. The average molecular weight is 546 g/mol. The van der Waals surface area contributed by atoms with Crippen molar-refractivity contribution in [3.63, 3.8) is 0 Å². The van der Waals surface area contributed by atoms with Gasteiger partial charge in [0.2, 0.25) is 5.91 Å². The van der Waals surface area contributed by atoms with E-state index in [9.17, 15) is 23.1 Å². The molecular weight excluding hydrogens is 502 g/mol. The first kappa shape index (κ1) is 31.3. The van der Waals surface area contributed by atoms with E-state index in [4.69, 9.17) is 4.74 Å². The predicted molar refractivity (Wildman–Crippen MR) is 152 cm³/mol. The van der Waals surface area contributed by atoms with E-state index in [0.717, 1.165) is 30.4 Å². The molecule has 0 fully saturated rings. The summed E-state index contributed by atoms with van der Waals surface area (Å²) in [6.07, 6.45) is 2.64. The molecule has 2 rings (SSSR count). The Morgan fingerprint density at radius 2 is 1.76 bits per heavy atom. The first-order valence-corrected chi connectivity index (χ1v) is 14.9. The van der Waals surface area contributed by atoms with Crippen molar-refractivity contribution < 1.29 is 27.9 Å². The van der Waals surface area contributed by atoms with E-state index in [1.54, 1.807) is 30.3 Å². The number of sulfone groups is 1. The van der Waals surface area contributed by atoms with Gasteiger partial charge in [0.15, 0.2) is 9.84 Å². The summed E-state index contributed by atoms with van der Waals surface area (Å²) in [6.45, 7) is 11.9. The monoisotopic (exact) mass is 545 g/mol. The largest absolute Gasteiger partial charge is 0.496 e. The number of carbonyl (C=O) groups excluding carboxylic acids is 1. The second kappa shape index (κ2) is 13.3. The Kier molecular flexibility index (Phi) is 10.9. The summed E-state index contributed by atoms with van der Waals surface area (Å²) in [6, 6.07) is 10.3. The van der Waals surface area contributed by atoms with Crippen molar-refractivity contribution in [3.05, 3.63) is 53.1 Å². The molecule has 0 radical (unpaired) electrons. The maximum absolute atomic E-state index is 13.4. The summed E-state index contributed by atoms with van der Waals surface area (Å²) >= 11 is 0. The third-order valence-electron chi connectivity index (χ3n) is 6.42. The average Bonchev–Trinajstić information content (AvgIpc) is 2.79. The highest BCUT2D eigenvalue weighted by Crippen LogP contribution is 2.36. The molecule has 2 N–H and O–H groups in total. The molecule has 0 aromatic heterocycles.